The summed E-state index contributed by atoms with van der Waals surface area (Å²) in [7, 11) is 1.93. The van der Waals surface area contributed by atoms with E-state index in [1.54, 1.807) is 0 Å². The number of hydrogen-bond acceptors (Lipinski definition) is 5. The zero-order valence-corrected chi connectivity index (χ0v) is 13.2. The molecule has 0 amide bonds. The molecule has 0 aliphatic carbocycles. The second-order valence-electron chi connectivity index (χ2n) is 4.63. The number of halogens is 1. The van der Waals surface area contributed by atoms with Crippen LogP contribution in [0.4, 0.5) is 0 Å². The Morgan fingerprint density at radius 2 is 2.24 bits per heavy atom. The molecule has 0 fully saturated rings. The summed E-state index contributed by atoms with van der Waals surface area (Å²) in [6.45, 7) is 1.09. The number of ether oxygens (including phenoxy) is 3. The maximum absolute atomic E-state index is 6.17. The fourth-order valence-electron chi connectivity index (χ4n) is 2.19. The minimum absolute atomic E-state index is 0.0642. The van der Waals surface area contributed by atoms with Gasteiger partial charge in [0.25, 0.3) is 0 Å². The Bertz CT molecular complexity index is 617. The highest BCUT2D eigenvalue weighted by atomic mass is 35.5. The quantitative estimate of drug-likeness (QED) is 0.875. The average Bonchev–Trinajstić information content (AvgIpc) is 3.12. The van der Waals surface area contributed by atoms with Crippen LogP contribution in [0.15, 0.2) is 30.3 Å². The molecule has 0 saturated carbocycles. The minimum atomic E-state index is -0.0642. The van der Waals surface area contributed by atoms with Gasteiger partial charge in [-0.25, -0.2) is 0 Å². The van der Waals surface area contributed by atoms with Gasteiger partial charge in [0.15, 0.2) is 11.5 Å². The van der Waals surface area contributed by atoms with Crippen molar-refractivity contribution in [3.63, 3.8) is 0 Å². The molecule has 1 aromatic carbocycles. The molecule has 1 atom stereocenters. The molecule has 0 spiro atoms. The maximum Gasteiger partial charge on any atom is 0.231 e. The Morgan fingerprint density at radius 3 is 3.00 bits per heavy atom. The molecule has 21 heavy (non-hydrogen) atoms. The minimum Gasteiger partial charge on any atom is -0.481 e. The molecule has 0 radical (unpaired) electrons. The van der Waals surface area contributed by atoms with Crippen LogP contribution in [0.2, 0.25) is 4.34 Å². The van der Waals surface area contributed by atoms with Crippen molar-refractivity contribution in [2.45, 2.75) is 12.5 Å². The first-order chi connectivity index (χ1) is 10.3. The Balaban J connectivity index is 1.83. The van der Waals surface area contributed by atoms with Crippen LogP contribution in [-0.4, -0.2) is 20.4 Å². The lowest BCUT2D eigenvalue weighted by Gasteiger charge is -2.18. The van der Waals surface area contributed by atoms with Crippen molar-refractivity contribution in [2.24, 2.45) is 0 Å². The van der Waals surface area contributed by atoms with E-state index in [0.717, 1.165) is 27.9 Å². The van der Waals surface area contributed by atoms with E-state index in [0.29, 0.717) is 11.5 Å². The molecule has 112 valence electrons. The second kappa shape index (κ2) is 6.56. The summed E-state index contributed by atoms with van der Waals surface area (Å²) in [6, 6.07) is 9.58. The molecule has 6 heteroatoms. The molecule has 2 aromatic rings. The van der Waals surface area contributed by atoms with Crippen molar-refractivity contribution in [2.75, 3.05) is 20.4 Å². The normalized spacial score (nSPS) is 14.2. The zero-order valence-electron chi connectivity index (χ0n) is 11.6. The molecule has 1 aliphatic rings. The Morgan fingerprint density at radius 1 is 1.33 bits per heavy atom. The molecule has 0 saturated heterocycles. The third-order valence-corrected chi connectivity index (χ3v) is 4.52. The second-order valence-corrected chi connectivity index (χ2v) is 6.38. The van der Waals surface area contributed by atoms with E-state index in [1.807, 2.05) is 37.4 Å². The summed E-state index contributed by atoms with van der Waals surface area (Å²) < 4.78 is 17.8. The van der Waals surface area contributed by atoms with Crippen LogP contribution in [-0.2, 0) is 0 Å². The maximum atomic E-state index is 6.17. The Kier molecular flexibility index (Phi) is 4.53. The standard InChI is InChI=1S/C15H16ClNO3S/c1-17-8-7-10(13-5-6-14(16)21-13)20-12-4-2-3-11-15(12)19-9-18-11/h2-6,10,17H,7-9H2,1H3. The zero-order chi connectivity index (χ0) is 14.7. The Hall–Kier alpha value is -1.43. The monoisotopic (exact) mass is 325 g/mol. The molecule has 1 N–H and O–H groups in total. The number of hydrogen-bond donors (Lipinski definition) is 1. The van der Waals surface area contributed by atoms with Gasteiger partial charge in [-0.05, 0) is 37.9 Å². The van der Waals surface area contributed by atoms with Crippen LogP contribution in [0.25, 0.3) is 0 Å². The van der Waals surface area contributed by atoms with Gasteiger partial charge >= 0.3 is 0 Å². The lowest BCUT2D eigenvalue weighted by atomic mass is 10.2. The number of nitrogens with one attached hydrogen (secondary N) is 1. The predicted octanol–water partition coefficient (Wildman–Crippen LogP) is 3.86. The van der Waals surface area contributed by atoms with Gasteiger partial charge in [-0.3, -0.25) is 0 Å². The largest absolute Gasteiger partial charge is 0.481 e. The van der Waals surface area contributed by atoms with E-state index in [-0.39, 0.29) is 12.9 Å². The molecular weight excluding hydrogens is 310 g/mol. The van der Waals surface area contributed by atoms with Gasteiger partial charge in [0.05, 0.1) is 4.34 Å². The van der Waals surface area contributed by atoms with Crippen molar-refractivity contribution >= 4 is 22.9 Å². The molecule has 4 nitrogen and oxygen atoms in total. The van der Waals surface area contributed by atoms with Crippen LogP contribution in [0.5, 0.6) is 17.2 Å². The third-order valence-electron chi connectivity index (χ3n) is 3.20. The first-order valence-electron chi connectivity index (χ1n) is 6.73. The fourth-order valence-corrected chi connectivity index (χ4v) is 3.31. The van der Waals surface area contributed by atoms with Crippen molar-refractivity contribution in [1.29, 1.82) is 0 Å². The number of benzene rings is 1. The van der Waals surface area contributed by atoms with Crippen molar-refractivity contribution in [3.8, 4) is 17.2 Å². The third kappa shape index (κ3) is 3.26. The highest BCUT2D eigenvalue weighted by Crippen LogP contribution is 2.43. The van der Waals surface area contributed by atoms with Crippen molar-refractivity contribution in [1.82, 2.24) is 5.32 Å². The van der Waals surface area contributed by atoms with E-state index in [4.69, 9.17) is 25.8 Å². The van der Waals surface area contributed by atoms with E-state index in [1.165, 1.54) is 11.3 Å². The van der Waals surface area contributed by atoms with E-state index < -0.39 is 0 Å². The number of para-hydroxylation sites is 1. The highest BCUT2D eigenvalue weighted by molar-refractivity contribution is 7.16. The molecule has 2 heterocycles. The molecule has 1 aromatic heterocycles. The van der Waals surface area contributed by atoms with E-state index in [2.05, 4.69) is 5.32 Å². The van der Waals surface area contributed by atoms with Crippen LogP contribution < -0.4 is 19.5 Å². The SMILES string of the molecule is CNCCC(Oc1cccc2c1OCO2)c1ccc(Cl)s1. The van der Waals surface area contributed by atoms with Crippen LogP contribution in [0.3, 0.4) is 0 Å². The van der Waals surface area contributed by atoms with Gasteiger partial charge in [-0.2, -0.15) is 0 Å². The summed E-state index contributed by atoms with van der Waals surface area (Å²) >= 11 is 7.58. The number of thiophene rings is 1. The first kappa shape index (κ1) is 14.5. The molecule has 1 unspecified atom stereocenters. The summed E-state index contributed by atoms with van der Waals surface area (Å²) in [4.78, 5) is 1.10. The van der Waals surface area contributed by atoms with Gasteiger partial charge in [-0.15, -0.1) is 11.3 Å². The average molecular weight is 326 g/mol. The molecule has 0 bridgehead atoms. The van der Waals surface area contributed by atoms with Gasteiger partial charge in [0.2, 0.25) is 12.5 Å². The lowest BCUT2D eigenvalue weighted by molar-refractivity contribution is 0.159. The predicted molar refractivity (Wildman–Crippen MR) is 83.8 cm³/mol. The lowest BCUT2D eigenvalue weighted by Crippen LogP contribution is -2.15. The smallest absolute Gasteiger partial charge is 0.231 e. The van der Waals surface area contributed by atoms with Gasteiger partial charge < -0.3 is 19.5 Å². The van der Waals surface area contributed by atoms with Crippen LogP contribution in [0, 0.1) is 0 Å². The fraction of sp³-hybridized carbons (Fsp3) is 0.333. The first-order valence-corrected chi connectivity index (χ1v) is 7.92. The van der Waals surface area contributed by atoms with Gasteiger partial charge in [-0.1, -0.05) is 17.7 Å². The summed E-state index contributed by atoms with van der Waals surface area (Å²) in [5, 5.41) is 3.15. The van der Waals surface area contributed by atoms with Crippen LogP contribution >= 0.6 is 22.9 Å². The summed E-state index contributed by atoms with van der Waals surface area (Å²) in [6.07, 6.45) is 0.781. The van der Waals surface area contributed by atoms with Crippen LogP contribution in [0.1, 0.15) is 17.4 Å². The Labute approximate surface area is 132 Å². The number of fused-ring (bicyclic) bond motifs is 1. The summed E-state index contributed by atoms with van der Waals surface area (Å²) in [5.74, 6) is 2.11. The number of rotatable bonds is 6. The molecule has 3 rings (SSSR count). The van der Waals surface area contributed by atoms with Crippen molar-refractivity contribution < 1.29 is 14.2 Å². The topological polar surface area (TPSA) is 39.7 Å². The summed E-state index contributed by atoms with van der Waals surface area (Å²) in [5.41, 5.74) is 0. The van der Waals surface area contributed by atoms with E-state index in [9.17, 15) is 0 Å². The molecular formula is C15H16ClNO3S. The molecule has 1 aliphatic heterocycles. The van der Waals surface area contributed by atoms with Gasteiger partial charge in [0.1, 0.15) is 6.10 Å². The van der Waals surface area contributed by atoms with Gasteiger partial charge in [0, 0.05) is 11.3 Å². The van der Waals surface area contributed by atoms with Crippen molar-refractivity contribution in [3.05, 3.63) is 39.5 Å². The highest BCUT2D eigenvalue weighted by Gasteiger charge is 2.22. The van der Waals surface area contributed by atoms with E-state index >= 15 is 0 Å².